The van der Waals surface area contributed by atoms with Gasteiger partial charge in [0.2, 0.25) is 6.41 Å². The van der Waals surface area contributed by atoms with Gasteiger partial charge in [0.25, 0.3) is 0 Å². The van der Waals surface area contributed by atoms with Crippen LogP contribution in [0.15, 0.2) is 79.1 Å². The van der Waals surface area contributed by atoms with E-state index in [1.54, 1.807) is 18.3 Å². The second kappa shape index (κ2) is 9.18. The number of hydrogen-bond acceptors (Lipinski definition) is 5. The van der Waals surface area contributed by atoms with E-state index in [0.717, 1.165) is 16.8 Å². The number of amides is 1. The van der Waals surface area contributed by atoms with E-state index in [-0.39, 0.29) is 12.2 Å². The number of fused-ring (bicyclic) bond motifs is 3. The van der Waals surface area contributed by atoms with Gasteiger partial charge in [-0.3, -0.25) is 14.6 Å². The summed E-state index contributed by atoms with van der Waals surface area (Å²) in [5.74, 6) is 0.325. The fourth-order valence-corrected chi connectivity index (χ4v) is 4.36. The smallest absolute Gasteiger partial charge is 0.307 e. The van der Waals surface area contributed by atoms with Crippen LogP contribution in [0.25, 0.3) is 21.8 Å². The third-order valence-electron chi connectivity index (χ3n) is 5.77. The maximum atomic E-state index is 11.4. The molecule has 0 bridgehead atoms. The van der Waals surface area contributed by atoms with Crippen molar-refractivity contribution < 1.29 is 24.5 Å². The Bertz CT molecular complexity index is 1560. The van der Waals surface area contributed by atoms with Crippen LogP contribution in [-0.2, 0) is 22.6 Å². The molecule has 0 atom stereocenters. The minimum atomic E-state index is -1.02. The second-order valence-corrected chi connectivity index (χ2v) is 8.03. The average molecular weight is 467 g/mol. The summed E-state index contributed by atoms with van der Waals surface area (Å²) in [6.45, 7) is 0.427. The van der Waals surface area contributed by atoms with Crippen LogP contribution in [-0.4, -0.2) is 32.1 Å². The number of carboxylic acids is 1. The first kappa shape index (κ1) is 22.0. The number of aromatic nitrogens is 2. The van der Waals surface area contributed by atoms with Crippen molar-refractivity contribution in [2.45, 2.75) is 13.0 Å². The zero-order chi connectivity index (χ0) is 24.4. The molecule has 0 saturated carbocycles. The molecule has 174 valence electrons. The van der Waals surface area contributed by atoms with Gasteiger partial charge in [0.1, 0.15) is 17.2 Å². The van der Waals surface area contributed by atoms with Gasteiger partial charge in [-0.1, -0.05) is 36.4 Å². The van der Waals surface area contributed by atoms with Gasteiger partial charge < -0.3 is 24.8 Å². The predicted molar refractivity (Wildman–Crippen MR) is 132 cm³/mol. The van der Waals surface area contributed by atoms with Gasteiger partial charge in [-0.05, 0) is 41.5 Å². The Morgan fingerprint density at radius 2 is 1.77 bits per heavy atom. The maximum Gasteiger partial charge on any atom is 0.307 e. The Morgan fingerprint density at radius 1 is 0.971 bits per heavy atom. The van der Waals surface area contributed by atoms with E-state index in [4.69, 9.17) is 4.74 Å². The van der Waals surface area contributed by atoms with Crippen LogP contribution in [0.5, 0.6) is 17.2 Å². The molecule has 3 N–H and O–H groups in total. The summed E-state index contributed by atoms with van der Waals surface area (Å²) >= 11 is 0. The minimum absolute atomic E-state index is 0.0613. The van der Waals surface area contributed by atoms with E-state index in [1.165, 1.54) is 6.20 Å². The van der Waals surface area contributed by atoms with Gasteiger partial charge in [0.05, 0.1) is 40.9 Å². The molecular weight excluding hydrogens is 446 g/mol. The molecule has 3 aromatic carbocycles. The fraction of sp³-hybridized carbons (Fsp3) is 0.0741. The van der Waals surface area contributed by atoms with E-state index in [9.17, 15) is 19.8 Å². The topological polar surface area (TPSA) is 114 Å². The number of para-hydroxylation sites is 1. The predicted octanol–water partition coefficient (Wildman–Crippen LogP) is 4.93. The van der Waals surface area contributed by atoms with Crippen molar-refractivity contribution in [2.24, 2.45) is 0 Å². The fourth-order valence-electron chi connectivity index (χ4n) is 4.36. The Labute approximate surface area is 200 Å². The summed E-state index contributed by atoms with van der Waals surface area (Å²) in [7, 11) is 0. The molecule has 0 aliphatic rings. The number of hydrogen-bond donors (Lipinski definition) is 3. The highest BCUT2D eigenvalue weighted by molar-refractivity contribution is 6.18. The zero-order valence-electron chi connectivity index (χ0n) is 18.5. The van der Waals surface area contributed by atoms with Crippen LogP contribution in [0.3, 0.4) is 0 Å². The van der Waals surface area contributed by atoms with Gasteiger partial charge in [0.15, 0.2) is 0 Å². The van der Waals surface area contributed by atoms with Crippen LogP contribution in [0.1, 0.15) is 11.1 Å². The van der Waals surface area contributed by atoms with Crippen molar-refractivity contribution in [1.82, 2.24) is 9.55 Å². The van der Waals surface area contributed by atoms with Crippen molar-refractivity contribution in [3.63, 3.8) is 0 Å². The number of carbonyl (C=O) groups excluding carboxylic acids is 1. The highest BCUT2D eigenvalue weighted by Gasteiger charge is 2.20. The number of carboxylic acid groups (broad SMARTS) is 1. The summed E-state index contributed by atoms with van der Waals surface area (Å²) in [6, 6.07) is 20.6. The highest BCUT2D eigenvalue weighted by Crippen LogP contribution is 2.40. The molecular formula is C27H21N3O5. The normalized spacial score (nSPS) is 11.0. The lowest BCUT2D eigenvalue weighted by atomic mass is 10.0. The summed E-state index contributed by atoms with van der Waals surface area (Å²) in [5.41, 5.74) is 3.10. The maximum absolute atomic E-state index is 11.4. The van der Waals surface area contributed by atoms with Gasteiger partial charge in [0, 0.05) is 11.9 Å². The van der Waals surface area contributed by atoms with Crippen LogP contribution in [0.2, 0.25) is 0 Å². The first-order valence-corrected chi connectivity index (χ1v) is 10.9. The first-order chi connectivity index (χ1) is 17.0. The number of ether oxygens (including phenoxy) is 1. The Kier molecular flexibility index (Phi) is 5.76. The van der Waals surface area contributed by atoms with Crippen LogP contribution < -0.4 is 10.1 Å². The van der Waals surface area contributed by atoms with Crippen molar-refractivity contribution in [3.8, 4) is 17.2 Å². The summed E-state index contributed by atoms with van der Waals surface area (Å²) < 4.78 is 7.94. The molecule has 0 unspecified atom stereocenters. The summed E-state index contributed by atoms with van der Waals surface area (Å²) in [5, 5.41) is 23.7. The SMILES string of the molecule is O=CNc1c(CC(=O)O)ccc2c1c1c(O)cncc1n2Cc1cccc(Oc2ccccc2)c1. The number of nitrogens with zero attached hydrogens (tertiary/aromatic N) is 2. The lowest BCUT2D eigenvalue weighted by molar-refractivity contribution is -0.136. The van der Waals surface area contributed by atoms with Crippen molar-refractivity contribution >= 4 is 39.9 Å². The lowest BCUT2D eigenvalue weighted by Crippen LogP contribution is -2.06. The van der Waals surface area contributed by atoms with E-state index < -0.39 is 5.97 Å². The minimum Gasteiger partial charge on any atom is -0.506 e. The quantitative estimate of drug-likeness (QED) is 0.279. The third kappa shape index (κ3) is 4.24. The Morgan fingerprint density at radius 3 is 2.54 bits per heavy atom. The standard InChI is InChI=1S/C27H21N3O5/c31-16-29-27-18(12-24(33)34)9-10-21-26(27)25-22(13-28-14-23(25)32)30(21)15-17-5-4-8-20(11-17)35-19-6-2-1-3-7-19/h1-11,13-14,16,32H,12,15H2,(H,29,31)(H,33,34). The number of nitrogens with one attached hydrogen (secondary N) is 1. The molecule has 8 nitrogen and oxygen atoms in total. The molecule has 5 aromatic rings. The summed E-state index contributed by atoms with van der Waals surface area (Å²) in [4.78, 5) is 27.0. The number of carbonyl (C=O) groups is 2. The van der Waals surface area contributed by atoms with Gasteiger partial charge in [-0.15, -0.1) is 0 Å². The average Bonchev–Trinajstić information content (AvgIpc) is 3.16. The largest absolute Gasteiger partial charge is 0.506 e. The van der Waals surface area contributed by atoms with E-state index in [2.05, 4.69) is 10.3 Å². The number of aliphatic carboxylic acids is 1. The lowest BCUT2D eigenvalue weighted by Gasteiger charge is -2.12. The number of pyridine rings is 1. The van der Waals surface area contributed by atoms with Gasteiger partial charge >= 0.3 is 5.97 Å². The Balaban J connectivity index is 1.65. The number of rotatable bonds is 8. The molecule has 2 aromatic heterocycles. The van der Waals surface area contributed by atoms with Crippen LogP contribution in [0.4, 0.5) is 5.69 Å². The zero-order valence-corrected chi connectivity index (χ0v) is 18.5. The molecule has 0 radical (unpaired) electrons. The van der Waals surface area contributed by atoms with Crippen LogP contribution >= 0.6 is 0 Å². The summed E-state index contributed by atoms with van der Waals surface area (Å²) in [6.07, 6.45) is 3.20. The van der Waals surface area contributed by atoms with E-state index in [1.807, 2.05) is 59.2 Å². The van der Waals surface area contributed by atoms with Crippen molar-refractivity contribution in [3.05, 3.63) is 90.3 Å². The molecule has 0 spiro atoms. The molecule has 35 heavy (non-hydrogen) atoms. The molecule has 0 fully saturated rings. The molecule has 2 heterocycles. The highest BCUT2D eigenvalue weighted by atomic mass is 16.5. The molecule has 0 aliphatic heterocycles. The molecule has 5 rings (SSSR count). The number of anilines is 1. The monoisotopic (exact) mass is 467 g/mol. The molecule has 0 aliphatic carbocycles. The van der Waals surface area contributed by atoms with Crippen molar-refractivity contribution in [1.29, 1.82) is 0 Å². The first-order valence-electron chi connectivity index (χ1n) is 10.9. The molecule has 8 heteroatoms. The Hall–Kier alpha value is -4.85. The van der Waals surface area contributed by atoms with Gasteiger partial charge in [-0.25, -0.2) is 0 Å². The second-order valence-electron chi connectivity index (χ2n) is 8.03. The number of aromatic hydroxyl groups is 1. The molecule has 1 amide bonds. The van der Waals surface area contributed by atoms with E-state index >= 15 is 0 Å². The molecule has 0 saturated heterocycles. The van der Waals surface area contributed by atoms with Gasteiger partial charge in [-0.2, -0.15) is 0 Å². The van der Waals surface area contributed by atoms with Crippen LogP contribution in [0, 0.1) is 0 Å². The van der Waals surface area contributed by atoms with E-state index in [0.29, 0.717) is 46.2 Å². The van der Waals surface area contributed by atoms with Crippen molar-refractivity contribution in [2.75, 3.05) is 5.32 Å². The number of benzene rings is 3. The third-order valence-corrected chi connectivity index (χ3v) is 5.77.